The van der Waals surface area contributed by atoms with Crippen molar-refractivity contribution in [2.75, 3.05) is 5.32 Å². The zero-order valence-electron chi connectivity index (χ0n) is 13.0. The van der Waals surface area contributed by atoms with Crippen LogP contribution in [-0.2, 0) is 9.59 Å². The van der Waals surface area contributed by atoms with Crippen LogP contribution in [0, 0.1) is 23.6 Å². The van der Waals surface area contributed by atoms with Gasteiger partial charge in [0.2, 0.25) is 0 Å². The quantitative estimate of drug-likeness (QED) is 0.824. The van der Waals surface area contributed by atoms with Crippen LogP contribution in [0.2, 0.25) is 0 Å². The molecule has 1 aromatic carbocycles. The summed E-state index contributed by atoms with van der Waals surface area (Å²) in [4.78, 5) is 24.4. The first-order valence-electron chi connectivity index (χ1n) is 8.40. The molecule has 0 atom stereocenters. The summed E-state index contributed by atoms with van der Waals surface area (Å²) in [6.07, 6.45) is 6.89. The highest BCUT2D eigenvalue weighted by molar-refractivity contribution is 6.39. The highest BCUT2D eigenvalue weighted by Crippen LogP contribution is 2.55. The monoisotopic (exact) mass is 316 g/mol. The molecule has 4 saturated carbocycles. The van der Waals surface area contributed by atoms with Gasteiger partial charge < -0.3 is 10.6 Å². The smallest absolute Gasteiger partial charge is 0.313 e. The predicted octanol–water partition coefficient (Wildman–Crippen LogP) is 2.85. The topological polar surface area (TPSA) is 58.2 Å². The molecule has 4 bridgehead atoms. The van der Waals surface area contributed by atoms with E-state index < -0.39 is 11.8 Å². The van der Waals surface area contributed by atoms with E-state index in [0.717, 1.165) is 19.3 Å². The van der Waals surface area contributed by atoms with E-state index in [9.17, 15) is 14.0 Å². The third-order valence-electron chi connectivity index (χ3n) is 5.73. The minimum absolute atomic E-state index is 0.175. The van der Waals surface area contributed by atoms with Crippen molar-refractivity contribution in [2.24, 2.45) is 17.8 Å². The average molecular weight is 316 g/mol. The molecule has 122 valence electrons. The van der Waals surface area contributed by atoms with Crippen molar-refractivity contribution in [1.29, 1.82) is 0 Å². The molecule has 4 nitrogen and oxygen atoms in total. The van der Waals surface area contributed by atoms with Crippen LogP contribution >= 0.6 is 0 Å². The Bertz CT molecular complexity index is 606. The number of hydrogen-bond acceptors (Lipinski definition) is 2. The molecule has 5 rings (SSSR count). The van der Waals surface area contributed by atoms with Crippen LogP contribution in [0.1, 0.15) is 38.5 Å². The van der Waals surface area contributed by atoms with Crippen LogP contribution in [0.15, 0.2) is 24.3 Å². The minimum atomic E-state index is -0.674. The van der Waals surface area contributed by atoms with E-state index in [4.69, 9.17) is 0 Å². The Morgan fingerprint density at radius 2 is 1.43 bits per heavy atom. The summed E-state index contributed by atoms with van der Waals surface area (Å²) in [5, 5.41) is 5.56. The van der Waals surface area contributed by atoms with Gasteiger partial charge >= 0.3 is 11.8 Å². The molecular weight excluding hydrogens is 295 g/mol. The standard InChI is InChI=1S/C18H21FN2O2/c19-14-1-3-15(4-2-14)20-16(22)17(23)21-18-8-11-5-12(9-18)7-13(6-11)10-18/h1-4,11-13H,5-10H2,(H,20,22)(H,21,23). The number of hydrogen-bond donors (Lipinski definition) is 2. The van der Waals surface area contributed by atoms with E-state index in [2.05, 4.69) is 10.6 Å². The first-order chi connectivity index (χ1) is 11.0. The number of carbonyl (C=O) groups excluding carboxylic acids is 2. The zero-order chi connectivity index (χ0) is 16.0. The van der Waals surface area contributed by atoms with Crippen LogP contribution in [0.4, 0.5) is 10.1 Å². The van der Waals surface area contributed by atoms with Crippen LogP contribution in [0.25, 0.3) is 0 Å². The highest BCUT2D eigenvalue weighted by atomic mass is 19.1. The van der Waals surface area contributed by atoms with Crippen LogP contribution in [0.5, 0.6) is 0 Å². The van der Waals surface area contributed by atoms with Crippen molar-refractivity contribution in [3.05, 3.63) is 30.1 Å². The Kier molecular flexibility index (Phi) is 3.39. The van der Waals surface area contributed by atoms with Gasteiger partial charge in [-0.3, -0.25) is 9.59 Å². The van der Waals surface area contributed by atoms with Crippen molar-refractivity contribution in [1.82, 2.24) is 5.32 Å². The van der Waals surface area contributed by atoms with Crippen molar-refractivity contribution in [3.8, 4) is 0 Å². The second kappa shape index (κ2) is 5.32. The number of benzene rings is 1. The first kappa shape index (κ1) is 14.7. The predicted molar refractivity (Wildman–Crippen MR) is 84.1 cm³/mol. The summed E-state index contributed by atoms with van der Waals surface area (Å²) in [6.45, 7) is 0. The average Bonchev–Trinajstić information content (AvgIpc) is 2.47. The fraction of sp³-hybridized carbons (Fsp3) is 0.556. The fourth-order valence-electron chi connectivity index (χ4n) is 5.28. The lowest BCUT2D eigenvalue weighted by atomic mass is 9.53. The van der Waals surface area contributed by atoms with Gasteiger partial charge in [-0.05, 0) is 80.5 Å². The molecule has 4 aliphatic rings. The van der Waals surface area contributed by atoms with Gasteiger partial charge in [0, 0.05) is 11.2 Å². The second-order valence-corrected chi connectivity index (χ2v) is 7.61. The minimum Gasteiger partial charge on any atom is -0.342 e. The van der Waals surface area contributed by atoms with Gasteiger partial charge in [0.15, 0.2) is 0 Å². The molecule has 0 unspecified atom stereocenters. The van der Waals surface area contributed by atoms with Crippen LogP contribution in [-0.4, -0.2) is 17.4 Å². The van der Waals surface area contributed by atoms with Crippen LogP contribution < -0.4 is 10.6 Å². The first-order valence-corrected chi connectivity index (χ1v) is 8.40. The third-order valence-corrected chi connectivity index (χ3v) is 5.73. The lowest BCUT2D eigenvalue weighted by molar-refractivity contribution is -0.139. The number of rotatable bonds is 2. The summed E-state index contributed by atoms with van der Waals surface area (Å²) in [7, 11) is 0. The molecule has 0 spiro atoms. The van der Waals surface area contributed by atoms with Gasteiger partial charge in [-0.1, -0.05) is 0 Å². The maximum absolute atomic E-state index is 12.9. The summed E-state index contributed by atoms with van der Waals surface area (Å²) in [6, 6.07) is 5.41. The largest absolute Gasteiger partial charge is 0.342 e. The van der Waals surface area contributed by atoms with E-state index in [1.54, 1.807) is 0 Å². The molecule has 23 heavy (non-hydrogen) atoms. The summed E-state index contributed by atoms with van der Waals surface area (Å²) >= 11 is 0. The number of nitrogens with one attached hydrogen (secondary N) is 2. The maximum Gasteiger partial charge on any atom is 0.313 e. The summed E-state index contributed by atoms with van der Waals surface area (Å²) < 4.78 is 12.9. The van der Waals surface area contributed by atoms with Gasteiger partial charge in [-0.2, -0.15) is 0 Å². The number of anilines is 1. The lowest BCUT2D eigenvalue weighted by Gasteiger charge is -2.56. The van der Waals surface area contributed by atoms with Gasteiger partial charge in [-0.15, -0.1) is 0 Å². The fourth-order valence-corrected chi connectivity index (χ4v) is 5.28. The Labute approximate surface area is 134 Å². The van der Waals surface area contributed by atoms with E-state index in [1.165, 1.54) is 43.5 Å². The molecule has 5 heteroatoms. The van der Waals surface area contributed by atoms with Gasteiger partial charge in [0.05, 0.1) is 0 Å². The second-order valence-electron chi connectivity index (χ2n) is 7.61. The molecule has 2 amide bonds. The van der Waals surface area contributed by atoms with Crippen molar-refractivity contribution >= 4 is 17.5 Å². The van der Waals surface area contributed by atoms with Gasteiger partial charge in [0.1, 0.15) is 5.82 Å². The highest BCUT2D eigenvalue weighted by Gasteiger charge is 2.51. The van der Waals surface area contributed by atoms with E-state index in [1.807, 2.05) is 0 Å². The third kappa shape index (κ3) is 2.84. The summed E-state index contributed by atoms with van der Waals surface area (Å²) in [5.41, 5.74) is 0.253. The van der Waals surface area contributed by atoms with Gasteiger partial charge in [-0.25, -0.2) is 4.39 Å². The molecule has 4 fully saturated rings. The van der Waals surface area contributed by atoms with Crippen molar-refractivity contribution in [2.45, 2.75) is 44.1 Å². The Hall–Kier alpha value is -1.91. The maximum atomic E-state index is 12.9. The van der Waals surface area contributed by atoms with E-state index in [0.29, 0.717) is 23.4 Å². The number of carbonyl (C=O) groups is 2. The Morgan fingerprint density at radius 3 is 1.96 bits per heavy atom. The van der Waals surface area contributed by atoms with Crippen LogP contribution in [0.3, 0.4) is 0 Å². The lowest BCUT2D eigenvalue weighted by Crippen LogP contribution is -2.61. The molecule has 0 aromatic heterocycles. The molecule has 4 aliphatic carbocycles. The molecule has 0 aliphatic heterocycles. The Morgan fingerprint density at radius 1 is 0.913 bits per heavy atom. The zero-order valence-corrected chi connectivity index (χ0v) is 13.0. The normalized spacial score (nSPS) is 34.2. The molecule has 2 N–H and O–H groups in total. The number of halogens is 1. The molecule has 0 radical (unpaired) electrons. The molecule has 0 heterocycles. The summed E-state index contributed by atoms with van der Waals surface area (Å²) in [5.74, 6) is 0.509. The van der Waals surface area contributed by atoms with E-state index in [-0.39, 0.29) is 11.4 Å². The molecule has 0 saturated heterocycles. The molecular formula is C18H21FN2O2. The van der Waals surface area contributed by atoms with Crippen molar-refractivity contribution in [3.63, 3.8) is 0 Å². The van der Waals surface area contributed by atoms with Gasteiger partial charge in [0.25, 0.3) is 0 Å². The Balaban J connectivity index is 1.41. The SMILES string of the molecule is O=C(Nc1ccc(F)cc1)C(=O)NC12CC3CC(CC(C3)C1)C2. The number of amides is 2. The van der Waals surface area contributed by atoms with E-state index >= 15 is 0 Å². The van der Waals surface area contributed by atoms with Crippen molar-refractivity contribution < 1.29 is 14.0 Å². The molecule has 1 aromatic rings.